The van der Waals surface area contributed by atoms with Crippen LogP contribution >= 0.6 is 0 Å². The molecule has 62 valence electrons. The van der Waals surface area contributed by atoms with Crippen LogP contribution in [0.4, 0.5) is 0 Å². The molecule has 0 aromatic carbocycles. The summed E-state index contributed by atoms with van der Waals surface area (Å²) in [6.45, 7) is 1.61. The minimum absolute atomic E-state index is 0. The molecule has 1 rings (SSSR count). The maximum Gasteiger partial charge on any atom is 1.00 e. The molecule has 0 amide bonds. The zero-order valence-electron chi connectivity index (χ0n) is 7.83. The largest absolute Gasteiger partial charge is 1.00 e. The third-order valence-corrected chi connectivity index (χ3v) is 1.72. The number of rotatable bonds is 0. The number of aryl methyl sites for hydroxylation is 1. The molecule has 5 heteroatoms. The summed E-state index contributed by atoms with van der Waals surface area (Å²) >= 11 is 0. The van der Waals surface area contributed by atoms with Crippen LogP contribution in [0.15, 0.2) is 10.9 Å². The molecule has 13 heavy (non-hydrogen) atoms. The smallest absolute Gasteiger partial charge is 0.493 e. The van der Waals surface area contributed by atoms with Crippen LogP contribution in [0.2, 0.25) is 0 Å². The molecule has 0 unspecified atom stereocenters. The van der Waals surface area contributed by atoms with Gasteiger partial charge >= 0.3 is 29.6 Å². The Morgan fingerprint density at radius 1 is 1.62 bits per heavy atom. The normalized spacial score (nSPS) is 8.69. The van der Waals surface area contributed by atoms with Gasteiger partial charge in [-0.3, -0.25) is 9.36 Å². The first-order valence-corrected chi connectivity index (χ1v) is 3.37. The number of hydrogen-bond donors (Lipinski definition) is 1. The average Bonchev–Trinajstić information content (AvgIpc) is 2.01. The van der Waals surface area contributed by atoms with Crippen LogP contribution in [0.25, 0.3) is 0 Å². The van der Waals surface area contributed by atoms with Crippen molar-refractivity contribution < 1.29 is 34.7 Å². The van der Waals surface area contributed by atoms with Gasteiger partial charge in [0, 0.05) is 13.1 Å². The number of aromatic hydroxyl groups is 1. The van der Waals surface area contributed by atoms with E-state index in [0.29, 0.717) is 5.56 Å². The van der Waals surface area contributed by atoms with Crippen molar-refractivity contribution in [3.63, 3.8) is 0 Å². The summed E-state index contributed by atoms with van der Waals surface area (Å²) in [4.78, 5) is 11.0. The van der Waals surface area contributed by atoms with Crippen LogP contribution in [-0.4, -0.2) is 9.67 Å². The number of aromatic nitrogens is 1. The summed E-state index contributed by atoms with van der Waals surface area (Å²) in [5, 5.41) is 17.9. The fraction of sp³-hybridized carbons (Fsp3) is 0.250. The number of hydrogen-bond acceptors (Lipinski definition) is 3. The molecule has 0 atom stereocenters. The summed E-state index contributed by atoms with van der Waals surface area (Å²) in [5.41, 5.74) is 0.333. The maximum atomic E-state index is 11.0. The first-order chi connectivity index (χ1) is 5.57. The van der Waals surface area contributed by atoms with E-state index in [1.165, 1.54) is 13.1 Å². The SMILES string of the molecule is Cc1cc(=O)n(C)c(O)c1C#N.[Na+]. The Kier molecular flexibility index (Phi) is 4.21. The first-order valence-electron chi connectivity index (χ1n) is 3.37. The second-order valence-electron chi connectivity index (χ2n) is 2.54. The van der Waals surface area contributed by atoms with Crippen LogP contribution in [-0.2, 0) is 7.05 Å². The van der Waals surface area contributed by atoms with Crippen LogP contribution in [0.3, 0.4) is 0 Å². The van der Waals surface area contributed by atoms with Crippen molar-refractivity contribution in [2.45, 2.75) is 6.92 Å². The molecule has 0 radical (unpaired) electrons. The second-order valence-corrected chi connectivity index (χ2v) is 2.54. The van der Waals surface area contributed by atoms with Crippen molar-refractivity contribution >= 4 is 0 Å². The van der Waals surface area contributed by atoms with Crippen molar-refractivity contribution in [1.82, 2.24) is 4.57 Å². The Labute approximate surface area is 97.7 Å². The summed E-state index contributed by atoms with van der Waals surface area (Å²) in [6.07, 6.45) is 0. The molecule has 0 saturated heterocycles. The molecular weight excluding hydrogens is 179 g/mol. The molecule has 1 N–H and O–H groups in total. The topological polar surface area (TPSA) is 66.0 Å². The van der Waals surface area contributed by atoms with Gasteiger partial charge in [-0.25, -0.2) is 0 Å². The fourth-order valence-electron chi connectivity index (χ4n) is 0.941. The molecule has 0 aliphatic carbocycles. The quantitative estimate of drug-likeness (QED) is 0.448. The number of nitriles is 1. The van der Waals surface area contributed by atoms with Gasteiger partial charge in [0.25, 0.3) is 5.56 Å². The Morgan fingerprint density at radius 2 is 2.15 bits per heavy atom. The summed E-state index contributed by atoms with van der Waals surface area (Å²) in [6, 6.07) is 3.14. The molecule has 0 aliphatic rings. The molecule has 0 bridgehead atoms. The molecule has 1 aromatic heterocycles. The van der Waals surface area contributed by atoms with E-state index in [1.807, 2.05) is 6.07 Å². The van der Waals surface area contributed by atoms with E-state index in [2.05, 4.69) is 0 Å². The van der Waals surface area contributed by atoms with Gasteiger partial charge in [0.15, 0.2) is 0 Å². The zero-order chi connectivity index (χ0) is 9.30. The van der Waals surface area contributed by atoms with Crippen LogP contribution in [0, 0.1) is 18.3 Å². The molecule has 0 spiro atoms. The van der Waals surface area contributed by atoms with Gasteiger partial charge < -0.3 is 5.11 Å². The fourth-order valence-corrected chi connectivity index (χ4v) is 0.941. The average molecular weight is 187 g/mol. The van der Waals surface area contributed by atoms with E-state index in [9.17, 15) is 9.90 Å². The third kappa shape index (κ3) is 2.13. The van der Waals surface area contributed by atoms with E-state index in [-0.39, 0.29) is 46.6 Å². The van der Waals surface area contributed by atoms with Gasteiger partial charge in [0.1, 0.15) is 11.6 Å². The monoisotopic (exact) mass is 187 g/mol. The molecular formula is C8H8N2NaO2+. The molecule has 0 saturated carbocycles. The second kappa shape index (κ2) is 4.47. The van der Waals surface area contributed by atoms with Gasteiger partial charge in [-0.05, 0) is 12.5 Å². The van der Waals surface area contributed by atoms with Gasteiger partial charge in [0.2, 0.25) is 5.88 Å². The summed E-state index contributed by atoms with van der Waals surface area (Å²) < 4.78 is 1.03. The Balaban J connectivity index is 0.00000144. The minimum atomic E-state index is -0.316. The van der Waals surface area contributed by atoms with Crippen molar-refractivity contribution in [2.24, 2.45) is 7.05 Å². The Morgan fingerprint density at radius 3 is 2.62 bits per heavy atom. The van der Waals surface area contributed by atoms with Gasteiger partial charge in [-0.2, -0.15) is 5.26 Å². The molecule has 1 aromatic rings. The van der Waals surface area contributed by atoms with E-state index in [4.69, 9.17) is 5.26 Å². The Hall–Kier alpha value is -0.760. The standard InChI is InChI=1S/C8H8N2O2.Na/c1-5-3-7(11)10(2)8(12)6(5)4-9;/h3,12H,1-2H3;/q;+1. The number of pyridine rings is 1. The summed E-state index contributed by atoms with van der Waals surface area (Å²) in [5.74, 6) is -0.275. The molecule has 0 aliphatic heterocycles. The summed E-state index contributed by atoms with van der Waals surface area (Å²) in [7, 11) is 1.41. The zero-order valence-corrected chi connectivity index (χ0v) is 9.83. The van der Waals surface area contributed by atoms with Gasteiger partial charge in [-0.1, -0.05) is 0 Å². The first kappa shape index (κ1) is 12.2. The predicted octanol–water partition coefficient (Wildman–Crippen LogP) is -2.72. The molecule has 1 heterocycles. The Bertz CT molecular complexity index is 417. The van der Waals surface area contributed by atoms with Crippen molar-refractivity contribution in [3.8, 4) is 11.9 Å². The maximum absolute atomic E-state index is 11.0. The van der Waals surface area contributed by atoms with Crippen LogP contribution in [0.1, 0.15) is 11.1 Å². The van der Waals surface area contributed by atoms with E-state index < -0.39 is 0 Å². The van der Waals surface area contributed by atoms with Crippen molar-refractivity contribution in [1.29, 1.82) is 5.26 Å². The number of nitrogens with zero attached hydrogens (tertiary/aromatic N) is 2. The molecule has 4 nitrogen and oxygen atoms in total. The predicted molar refractivity (Wildman–Crippen MR) is 42.8 cm³/mol. The van der Waals surface area contributed by atoms with E-state index >= 15 is 0 Å². The minimum Gasteiger partial charge on any atom is -0.493 e. The van der Waals surface area contributed by atoms with E-state index in [1.54, 1.807) is 6.92 Å². The van der Waals surface area contributed by atoms with Crippen molar-refractivity contribution in [3.05, 3.63) is 27.5 Å². The van der Waals surface area contributed by atoms with Crippen LogP contribution in [0.5, 0.6) is 5.88 Å². The van der Waals surface area contributed by atoms with Crippen LogP contribution < -0.4 is 35.1 Å². The van der Waals surface area contributed by atoms with Gasteiger partial charge in [-0.15, -0.1) is 0 Å². The molecule has 0 fully saturated rings. The van der Waals surface area contributed by atoms with Gasteiger partial charge in [0.05, 0.1) is 0 Å². The van der Waals surface area contributed by atoms with E-state index in [0.717, 1.165) is 4.57 Å². The van der Waals surface area contributed by atoms with Crippen molar-refractivity contribution in [2.75, 3.05) is 0 Å². The third-order valence-electron chi connectivity index (χ3n) is 1.72.